The maximum atomic E-state index is 12.6. The maximum absolute atomic E-state index is 12.6. The van der Waals surface area contributed by atoms with Gasteiger partial charge >= 0.3 is 6.03 Å². The summed E-state index contributed by atoms with van der Waals surface area (Å²) in [5.41, 5.74) is 2.22. The van der Waals surface area contributed by atoms with Crippen molar-refractivity contribution in [2.45, 2.75) is 17.4 Å². The Hall–Kier alpha value is -2.53. The molecule has 3 rings (SSSR count). The number of urea groups is 1. The molecule has 166 valence electrons. The molecule has 1 aromatic heterocycles. The van der Waals surface area contributed by atoms with Gasteiger partial charge in [0, 0.05) is 30.5 Å². The number of nitrogens with zero attached hydrogens (tertiary/aromatic N) is 2. The lowest BCUT2D eigenvalue weighted by Crippen LogP contribution is -2.38. The zero-order valence-electron chi connectivity index (χ0n) is 16.3. The molecular weight excluding hydrogens is 449 g/mol. The Kier molecular flexibility index (Phi) is 7.26. The minimum atomic E-state index is -3.95. The third kappa shape index (κ3) is 5.40. The van der Waals surface area contributed by atoms with E-state index in [4.69, 9.17) is 16.7 Å². The van der Waals surface area contributed by atoms with Crippen LogP contribution in [0.3, 0.4) is 0 Å². The number of benzene rings is 1. The first-order valence-corrected chi connectivity index (χ1v) is 11.4. The molecular formula is C20H21ClFN3O5S. The Bertz CT molecular complexity index is 1090. The average molecular weight is 470 g/mol. The third-order valence-electron chi connectivity index (χ3n) is 4.83. The molecule has 8 nitrogen and oxygen atoms in total. The number of nitrogens with one attached hydrogen (secondary N) is 1. The largest absolute Gasteiger partial charge is 0.393 e. The van der Waals surface area contributed by atoms with Gasteiger partial charge in [0.1, 0.15) is 6.10 Å². The number of pyridine rings is 1. The fourth-order valence-corrected chi connectivity index (χ4v) is 4.03. The van der Waals surface area contributed by atoms with Crippen molar-refractivity contribution in [3.05, 3.63) is 58.9 Å². The van der Waals surface area contributed by atoms with E-state index in [0.717, 1.165) is 5.57 Å². The molecule has 0 bridgehead atoms. The SMILES string of the molecule is O=C(Nc1ccc(S(=O)(=O)CF)cc1)N1CC=C(c2ncc([C@H](O)CO)cc2Cl)CC1. The smallest absolute Gasteiger partial charge is 0.322 e. The highest BCUT2D eigenvalue weighted by Gasteiger charge is 2.21. The van der Waals surface area contributed by atoms with E-state index in [2.05, 4.69) is 10.3 Å². The third-order valence-corrected chi connectivity index (χ3v) is 6.39. The molecule has 0 saturated carbocycles. The van der Waals surface area contributed by atoms with E-state index in [9.17, 15) is 22.7 Å². The van der Waals surface area contributed by atoms with Gasteiger partial charge in [-0.3, -0.25) is 4.98 Å². The van der Waals surface area contributed by atoms with Crippen molar-refractivity contribution in [1.29, 1.82) is 0 Å². The molecule has 0 unspecified atom stereocenters. The van der Waals surface area contributed by atoms with E-state index in [1.807, 2.05) is 6.08 Å². The number of amides is 2. The van der Waals surface area contributed by atoms with Crippen molar-refractivity contribution in [3.63, 3.8) is 0 Å². The number of aliphatic hydroxyl groups excluding tert-OH is 2. The molecule has 2 aromatic rings. The van der Waals surface area contributed by atoms with Crippen LogP contribution in [-0.2, 0) is 9.84 Å². The summed E-state index contributed by atoms with van der Waals surface area (Å²) in [6, 6.07) is 4.99. The van der Waals surface area contributed by atoms with Crippen LogP contribution in [-0.4, -0.2) is 60.2 Å². The summed E-state index contributed by atoms with van der Waals surface area (Å²) in [4.78, 5) is 18.2. The van der Waals surface area contributed by atoms with Crippen molar-refractivity contribution in [3.8, 4) is 0 Å². The molecule has 1 aliphatic heterocycles. The zero-order valence-corrected chi connectivity index (χ0v) is 17.9. The lowest BCUT2D eigenvalue weighted by atomic mass is 10.0. The number of hydrogen-bond acceptors (Lipinski definition) is 6. The van der Waals surface area contributed by atoms with Crippen LogP contribution in [0.5, 0.6) is 0 Å². The van der Waals surface area contributed by atoms with Crippen LogP contribution in [0.2, 0.25) is 5.02 Å². The lowest BCUT2D eigenvalue weighted by molar-refractivity contribution is 0.0953. The molecule has 1 atom stereocenters. The van der Waals surface area contributed by atoms with E-state index in [1.165, 1.54) is 30.5 Å². The normalized spacial score (nSPS) is 15.4. The predicted molar refractivity (Wildman–Crippen MR) is 114 cm³/mol. The van der Waals surface area contributed by atoms with Crippen molar-refractivity contribution >= 4 is 38.7 Å². The van der Waals surface area contributed by atoms with E-state index < -0.39 is 28.6 Å². The summed E-state index contributed by atoms with van der Waals surface area (Å²) in [7, 11) is -3.95. The molecule has 2 amide bonds. The van der Waals surface area contributed by atoms with Gasteiger partial charge < -0.3 is 20.4 Å². The minimum Gasteiger partial charge on any atom is -0.393 e. The van der Waals surface area contributed by atoms with Crippen molar-refractivity contribution in [2.24, 2.45) is 0 Å². The highest BCUT2D eigenvalue weighted by molar-refractivity contribution is 7.91. The van der Waals surface area contributed by atoms with Gasteiger partial charge in [0.05, 0.1) is 22.2 Å². The highest BCUT2D eigenvalue weighted by Crippen LogP contribution is 2.29. The number of halogens is 2. The van der Waals surface area contributed by atoms with Gasteiger partial charge in [0.2, 0.25) is 9.84 Å². The minimum absolute atomic E-state index is 0.152. The van der Waals surface area contributed by atoms with Crippen LogP contribution < -0.4 is 5.32 Å². The summed E-state index contributed by atoms with van der Waals surface area (Å²) in [6.07, 6.45) is 2.74. The number of alkyl halides is 1. The van der Waals surface area contributed by atoms with Gasteiger partial charge in [-0.05, 0) is 42.3 Å². The van der Waals surface area contributed by atoms with Gasteiger partial charge in [-0.1, -0.05) is 17.7 Å². The first kappa shape index (κ1) is 23.1. The molecule has 0 saturated heterocycles. The standard InChI is InChI=1S/C20H21ClFN3O5S/c21-17-9-14(18(27)11-26)10-23-19(17)13-5-7-25(8-6-13)20(28)24-15-1-3-16(4-2-15)31(29,30)12-22/h1-5,9-10,18,26-27H,6-8,11-12H2,(H,24,28)/t18-/m1/s1. The van der Waals surface area contributed by atoms with Crippen LogP contribution in [0.25, 0.3) is 5.57 Å². The Balaban J connectivity index is 1.64. The van der Waals surface area contributed by atoms with Gasteiger partial charge in [-0.2, -0.15) is 0 Å². The Labute approximate surface area is 183 Å². The highest BCUT2D eigenvalue weighted by atomic mass is 35.5. The Morgan fingerprint density at radius 2 is 2.03 bits per heavy atom. The molecule has 0 fully saturated rings. The molecule has 0 aliphatic carbocycles. The number of carbonyl (C=O) groups is 1. The fraction of sp³-hybridized carbons (Fsp3) is 0.300. The molecule has 3 N–H and O–H groups in total. The lowest BCUT2D eigenvalue weighted by Gasteiger charge is -2.27. The van der Waals surface area contributed by atoms with E-state index in [0.29, 0.717) is 41.5 Å². The van der Waals surface area contributed by atoms with Crippen LogP contribution in [0.1, 0.15) is 23.8 Å². The summed E-state index contributed by atoms with van der Waals surface area (Å²) in [6.45, 7) is 0.290. The van der Waals surface area contributed by atoms with Crippen LogP contribution in [0.15, 0.2) is 47.5 Å². The van der Waals surface area contributed by atoms with Gasteiger partial charge in [-0.25, -0.2) is 17.6 Å². The molecule has 31 heavy (non-hydrogen) atoms. The molecule has 0 spiro atoms. The van der Waals surface area contributed by atoms with E-state index in [1.54, 1.807) is 11.0 Å². The van der Waals surface area contributed by atoms with E-state index in [-0.39, 0.29) is 10.9 Å². The van der Waals surface area contributed by atoms with Crippen molar-refractivity contribution < 1.29 is 27.8 Å². The zero-order chi connectivity index (χ0) is 22.6. The average Bonchev–Trinajstić information content (AvgIpc) is 2.79. The number of hydrogen-bond donors (Lipinski definition) is 3. The topological polar surface area (TPSA) is 120 Å². The predicted octanol–water partition coefficient (Wildman–Crippen LogP) is 2.78. The molecule has 1 aliphatic rings. The number of aromatic nitrogens is 1. The monoisotopic (exact) mass is 469 g/mol. The molecule has 1 aromatic carbocycles. The quantitative estimate of drug-likeness (QED) is 0.598. The first-order chi connectivity index (χ1) is 14.7. The molecule has 2 heterocycles. The second-order valence-electron chi connectivity index (χ2n) is 6.90. The summed E-state index contributed by atoms with van der Waals surface area (Å²) in [5, 5.41) is 21.7. The van der Waals surface area contributed by atoms with Gasteiger partial charge in [0.15, 0.2) is 6.01 Å². The van der Waals surface area contributed by atoms with Crippen LogP contribution >= 0.6 is 11.6 Å². The number of aliphatic hydroxyl groups is 2. The summed E-state index contributed by atoms with van der Waals surface area (Å²) in [5.74, 6) is 0. The number of carbonyl (C=O) groups excluding carboxylic acids is 1. The number of sulfone groups is 1. The van der Waals surface area contributed by atoms with Crippen molar-refractivity contribution in [1.82, 2.24) is 9.88 Å². The van der Waals surface area contributed by atoms with E-state index >= 15 is 0 Å². The fourth-order valence-electron chi connectivity index (χ4n) is 3.06. The maximum Gasteiger partial charge on any atom is 0.322 e. The second-order valence-corrected chi connectivity index (χ2v) is 9.23. The second kappa shape index (κ2) is 9.73. The first-order valence-electron chi connectivity index (χ1n) is 9.33. The Morgan fingerprint density at radius 1 is 1.32 bits per heavy atom. The van der Waals surface area contributed by atoms with Crippen LogP contribution in [0.4, 0.5) is 14.9 Å². The number of rotatable bonds is 6. The molecule has 11 heteroatoms. The van der Waals surface area contributed by atoms with Gasteiger partial charge in [0.25, 0.3) is 0 Å². The Morgan fingerprint density at radius 3 is 2.58 bits per heavy atom. The van der Waals surface area contributed by atoms with Crippen molar-refractivity contribution in [2.75, 3.05) is 31.0 Å². The van der Waals surface area contributed by atoms with Crippen LogP contribution in [0, 0.1) is 0 Å². The number of anilines is 1. The molecule has 0 radical (unpaired) electrons. The van der Waals surface area contributed by atoms with Gasteiger partial charge in [-0.15, -0.1) is 0 Å². The summed E-state index contributed by atoms with van der Waals surface area (Å²) < 4.78 is 35.6. The summed E-state index contributed by atoms with van der Waals surface area (Å²) >= 11 is 6.27.